The fourth-order valence-electron chi connectivity index (χ4n) is 2.45. The highest BCUT2D eigenvalue weighted by Gasteiger charge is 2.14. The summed E-state index contributed by atoms with van der Waals surface area (Å²) in [6.07, 6.45) is 6.63. The Morgan fingerprint density at radius 2 is 2.11 bits per heavy atom. The van der Waals surface area contributed by atoms with Crippen molar-refractivity contribution in [1.29, 1.82) is 0 Å². The fourth-order valence-corrected chi connectivity index (χ4v) is 2.45. The molecule has 0 aromatic heterocycles. The van der Waals surface area contributed by atoms with Gasteiger partial charge in [-0.3, -0.25) is 0 Å². The fraction of sp³-hybridized carbons (Fsp3) is 0.600. The standard InChI is InChI=1S/C15H22FNO/c1-12(11-17-14-7-3-2-4-8-14)18-15-9-5-6-13(16)10-15/h5-6,9-10,12,14,17H,2-4,7-8,11H2,1H3. The predicted molar refractivity (Wildman–Crippen MR) is 71.4 cm³/mol. The van der Waals surface area contributed by atoms with Crippen LogP contribution < -0.4 is 10.1 Å². The van der Waals surface area contributed by atoms with Gasteiger partial charge in [-0.05, 0) is 31.9 Å². The zero-order valence-electron chi connectivity index (χ0n) is 11.0. The molecular weight excluding hydrogens is 229 g/mol. The van der Waals surface area contributed by atoms with E-state index in [-0.39, 0.29) is 11.9 Å². The van der Waals surface area contributed by atoms with Gasteiger partial charge in [0.05, 0.1) is 0 Å². The van der Waals surface area contributed by atoms with Crippen LogP contribution in [0.15, 0.2) is 24.3 Å². The maximum Gasteiger partial charge on any atom is 0.126 e. The second-order valence-electron chi connectivity index (χ2n) is 5.13. The number of hydrogen-bond donors (Lipinski definition) is 1. The van der Waals surface area contributed by atoms with Crippen LogP contribution in [0.5, 0.6) is 5.75 Å². The molecule has 2 nitrogen and oxygen atoms in total. The highest BCUT2D eigenvalue weighted by atomic mass is 19.1. The van der Waals surface area contributed by atoms with E-state index in [0.717, 1.165) is 6.54 Å². The van der Waals surface area contributed by atoms with Gasteiger partial charge < -0.3 is 10.1 Å². The lowest BCUT2D eigenvalue weighted by Gasteiger charge is -2.25. The van der Waals surface area contributed by atoms with Gasteiger partial charge >= 0.3 is 0 Å². The Labute approximate surface area is 109 Å². The Hall–Kier alpha value is -1.09. The van der Waals surface area contributed by atoms with Gasteiger partial charge in [-0.1, -0.05) is 25.3 Å². The molecule has 100 valence electrons. The molecular formula is C15H22FNO. The maximum absolute atomic E-state index is 13.0. The van der Waals surface area contributed by atoms with Gasteiger partial charge in [0.25, 0.3) is 0 Å². The summed E-state index contributed by atoms with van der Waals surface area (Å²) < 4.78 is 18.7. The van der Waals surface area contributed by atoms with Crippen LogP contribution in [-0.4, -0.2) is 18.7 Å². The first kappa shape index (κ1) is 13.3. The molecule has 1 aliphatic carbocycles. The van der Waals surface area contributed by atoms with Gasteiger partial charge in [0, 0.05) is 18.7 Å². The molecule has 1 fully saturated rings. The van der Waals surface area contributed by atoms with Crippen molar-refractivity contribution in [3.05, 3.63) is 30.1 Å². The first-order valence-corrected chi connectivity index (χ1v) is 6.89. The molecule has 1 aromatic carbocycles. The summed E-state index contributed by atoms with van der Waals surface area (Å²) in [5.74, 6) is 0.355. The zero-order valence-corrected chi connectivity index (χ0v) is 11.0. The topological polar surface area (TPSA) is 21.3 Å². The molecule has 0 bridgehead atoms. The molecule has 0 amide bonds. The monoisotopic (exact) mass is 251 g/mol. The van der Waals surface area contributed by atoms with Crippen molar-refractivity contribution in [2.75, 3.05) is 6.54 Å². The Morgan fingerprint density at radius 1 is 1.33 bits per heavy atom. The number of rotatable bonds is 5. The van der Waals surface area contributed by atoms with Gasteiger partial charge in [0.1, 0.15) is 17.7 Å². The highest BCUT2D eigenvalue weighted by molar-refractivity contribution is 5.22. The van der Waals surface area contributed by atoms with Crippen molar-refractivity contribution in [3.8, 4) is 5.75 Å². The largest absolute Gasteiger partial charge is 0.489 e. The van der Waals surface area contributed by atoms with Crippen molar-refractivity contribution >= 4 is 0 Å². The molecule has 2 rings (SSSR count). The quantitative estimate of drug-likeness (QED) is 0.864. The number of ether oxygens (including phenoxy) is 1. The maximum atomic E-state index is 13.0. The van der Waals surface area contributed by atoms with Crippen LogP contribution in [0.2, 0.25) is 0 Å². The van der Waals surface area contributed by atoms with E-state index < -0.39 is 0 Å². The Balaban J connectivity index is 1.72. The average Bonchev–Trinajstić information content (AvgIpc) is 2.38. The minimum Gasteiger partial charge on any atom is -0.489 e. The van der Waals surface area contributed by atoms with Crippen molar-refractivity contribution < 1.29 is 9.13 Å². The lowest BCUT2D eigenvalue weighted by Crippen LogP contribution is -2.37. The Bertz CT molecular complexity index is 363. The van der Waals surface area contributed by atoms with E-state index in [2.05, 4.69) is 5.32 Å². The molecule has 0 spiro atoms. The zero-order chi connectivity index (χ0) is 12.8. The van der Waals surface area contributed by atoms with Crippen molar-refractivity contribution in [2.24, 2.45) is 0 Å². The molecule has 1 aliphatic rings. The molecule has 3 heteroatoms. The minimum atomic E-state index is -0.250. The van der Waals surface area contributed by atoms with E-state index in [1.54, 1.807) is 12.1 Å². The molecule has 18 heavy (non-hydrogen) atoms. The first-order chi connectivity index (χ1) is 8.74. The Kier molecular flexibility index (Phi) is 5.00. The number of benzene rings is 1. The minimum absolute atomic E-state index is 0.0636. The predicted octanol–water partition coefficient (Wildman–Crippen LogP) is 3.52. The van der Waals surface area contributed by atoms with Crippen molar-refractivity contribution in [1.82, 2.24) is 5.32 Å². The molecule has 0 heterocycles. The van der Waals surface area contributed by atoms with E-state index >= 15 is 0 Å². The third-order valence-electron chi connectivity index (χ3n) is 3.43. The summed E-state index contributed by atoms with van der Waals surface area (Å²) in [5.41, 5.74) is 0. The summed E-state index contributed by atoms with van der Waals surface area (Å²) in [7, 11) is 0. The number of hydrogen-bond acceptors (Lipinski definition) is 2. The van der Waals surface area contributed by atoms with Gasteiger partial charge in [-0.25, -0.2) is 4.39 Å². The molecule has 1 saturated carbocycles. The van der Waals surface area contributed by atoms with Gasteiger partial charge in [-0.2, -0.15) is 0 Å². The van der Waals surface area contributed by atoms with E-state index in [0.29, 0.717) is 11.8 Å². The van der Waals surface area contributed by atoms with Crippen molar-refractivity contribution in [2.45, 2.75) is 51.2 Å². The van der Waals surface area contributed by atoms with Crippen LogP contribution in [0.3, 0.4) is 0 Å². The molecule has 1 N–H and O–H groups in total. The van der Waals surface area contributed by atoms with Crippen LogP contribution in [0.25, 0.3) is 0 Å². The Morgan fingerprint density at radius 3 is 2.83 bits per heavy atom. The second-order valence-corrected chi connectivity index (χ2v) is 5.13. The third kappa shape index (κ3) is 4.30. The smallest absolute Gasteiger partial charge is 0.126 e. The molecule has 0 radical (unpaired) electrons. The van der Waals surface area contributed by atoms with Crippen LogP contribution in [0.4, 0.5) is 4.39 Å². The van der Waals surface area contributed by atoms with Gasteiger partial charge in [-0.15, -0.1) is 0 Å². The SMILES string of the molecule is CC(CNC1CCCCC1)Oc1cccc(F)c1. The van der Waals surface area contributed by atoms with E-state index in [1.807, 2.05) is 6.92 Å². The summed E-state index contributed by atoms with van der Waals surface area (Å²) in [4.78, 5) is 0. The number of halogens is 1. The van der Waals surface area contributed by atoms with E-state index in [4.69, 9.17) is 4.74 Å². The summed E-state index contributed by atoms with van der Waals surface area (Å²) in [6, 6.07) is 6.96. The summed E-state index contributed by atoms with van der Waals surface area (Å²) in [6.45, 7) is 2.84. The normalized spacial score (nSPS) is 18.6. The molecule has 1 aromatic rings. The third-order valence-corrected chi connectivity index (χ3v) is 3.43. The van der Waals surface area contributed by atoms with E-state index in [9.17, 15) is 4.39 Å². The van der Waals surface area contributed by atoms with Crippen LogP contribution in [0, 0.1) is 5.82 Å². The molecule has 1 unspecified atom stereocenters. The summed E-state index contributed by atoms with van der Waals surface area (Å²) >= 11 is 0. The van der Waals surface area contributed by atoms with Gasteiger partial charge in [0.2, 0.25) is 0 Å². The summed E-state index contributed by atoms with van der Waals surface area (Å²) in [5, 5.41) is 3.54. The van der Waals surface area contributed by atoms with Crippen LogP contribution in [-0.2, 0) is 0 Å². The molecule has 0 aliphatic heterocycles. The first-order valence-electron chi connectivity index (χ1n) is 6.89. The molecule has 0 saturated heterocycles. The average molecular weight is 251 g/mol. The van der Waals surface area contributed by atoms with Gasteiger partial charge in [0.15, 0.2) is 0 Å². The lowest BCUT2D eigenvalue weighted by molar-refractivity contribution is 0.204. The van der Waals surface area contributed by atoms with Crippen molar-refractivity contribution in [3.63, 3.8) is 0 Å². The molecule has 1 atom stereocenters. The second kappa shape index (κ2) is 6.74. The highest BCUT2D eigenvalue weighted by Crippen LogP contribution is 2.18. The van der Waals surface area contributed by atoms with Crippen LogP contribution >= 0.6 is 0 Å². The van der Waals surface area contributed by atoms with Crippen LogP contribution in [0.1, 0.15) is 39.0 Å². The number of nitrogens with one attached hydrogen (secondary N) is 1. The van der Waals surface area contributed by atoms with E-state index in [1.165, 1.54) is 44.2 Å². The lowest BCUT2D eigenvalue weighted by atomic mass is 9.95.